The molecule has 6 nitrogen and oxygen atoms in total. The summed E-state index contributed by atoms with van der Waals surface area (Å²) < 4.78 is 6.96. The Balaban J connectivity index is 1.55. The maximum atomic E-state index is 13.0. The van der Waals surface area contributed by atoms with Crippen LogP contribution in [-0.2, 0) is 22.6 Å². The number of fused-ring (bicyclic) bond motifs is 1. The number of carbonyl (C=O) groups is 1. The van der Waals surface area contributed by atoms with E-state index in [1.54, 1.807) is 28.5 Å². The van der Waals surface area contributed by atoms with Crippen molar-refractivity contribution in [2.75, 3.05) is 13.2 Å². The van der Waals surface area contributed by atoms with E-state index in [9.17, 15) is 9.59 Å². The zero-order chi connectivity index (χ0) is 18.6. The van der Waals surface area contributed by atoms with Crippen LogP contribution >= 0.6 is 11.3 Å². The van der Waals surface area contributed by atoms with Crippen LogP contribution in [0, 0.1) is 0 Å². The number of hydrogen-bond acceptors (Lipinski definition) is 5. The smallest absolute Gasteiger partial charge is 0.275 e. The fraction of sp³-hybridized carbons (Fsp3) is 0.350. The van der Waals surface area contributed by atoms with Crippen molar-refractivity contribution >= 4 is 28.0 Å². The Morgan fingerprint density at radius 2 is 2.19 bits per heavy atom. The Morgan fingerprint density at radius 1 is 1.30 bits per heavy atom. The first-order valence-corrected chi connectivity index (χ1v) is 9.95. The van der Waals surface area contributed by atoms with E-state index in [2.05, 4.69) is 5.10 Å². The second-order valence-corrected chi connectivity index (χ2v) is 7.72. The molecular formula is C20H21N3O3S. The quantitative estimate of drug-likeness (QED) is 0.656. The average molecular weight is 383 g/mol. The third-order valence-corrected chi connectivity index (χ3v) is 5.64. The van der Waals surface area contributed by atoms with Gasteiger partial charge in [-0.05, 0) is 30.4 Å². The summed E-state index contributed by atoms with van der Waals surface area (Å²) in [6.45, 7) is 1.75. The van der Waals surface area contributed by atoms with Crippen LogP contribution in [-0.4, -0.2) is 39.8 Å². The van der Waals surface area contributed by atoms with Gasteiger partial charge in [-0.3, -0.25) is 9.59 Å². The Hall–Kier alpha value is -2.51. The third-order valence-electron chi connectivity index (χ3n) is 4.77. The molecule has 0 N–H and O–H groups in total. The lowest BCUT2D eigenvalue weighted by atomic mass is 10.2. The number of aromatic nitrogens is 2. The first-order valence-electron chi connectivity index (χ1n) is 9.07. The van der Waals surface area contributed by atoms with Gasteiger partial charge in [-0.15, -0.1) is 11.3 Å². The molecule has 0 saturated carbocycles. The van der Waals surface area contributed by atoms with Gasteiger partial charge in [0.05, 0.1) is 24.2 Å². The van der Waals surface area contributed by atoms with Gasteiger partial charge in [-0.1, -0.05) is 24.3 Å². The van der Waals surface area contributed by atoms with Crippen LogP contribution in [0.3, 0.4) is 0 Å². The largest absolute Gasteiger partial charge is 0.376 e. The fourth-order valence-electron chi connectivity index (χ4n) is 3.35. The summed E-state index contributed by atoms with van der Waals surface area (Å²) in [5, 5.41) is 7.54. The highest BCUT2D eigenvalue weighted by molar-refractivity contribution is 7.09. The van der Waals surface area contributed by atoms with Crippen molar-refractivity contribution in [3.63, 3.8) is 0 Å². The summed E-state index contributed by atoms with van der Waals surface area (Å²) in [4.78, 5) is 28.5. The molecule has 0 aliphatic carbocycles. The summed E-state index contributed by atoms with van der Waals surface area (Å²) in [6, 6.07) is 11.3. The zero-order valence-electron chi connectivity index (χ0n) is 14.9. The van der Waals surface area contributed by atoms with E-state index in [0.717, 1.165) is 29.7 Å². The van der Waals surface area contributed by atoms with Crippen molar-refractivity contribution in [3.8, 4) is 0 Å². The van der Waals surface area contributed by atoms with Gasteiger partial charge < -0.3 is 9.64 Å². The number of nitrogens with zero attached hydrogens (tertiary/aromatic N) is 3. The summed E-state index contributed by atoms with van der Waals surface area (Å²) >= 11 is 1.62. The van der Waals surface area contributed by atoms with Crippen LogP contribution in [0.25, 0.3) is 10.8 Å². The molecule has 1 fully saturated rings. The van der Waals surface area contributed by atoms with E-state index in [4.69, 9.17) is 4.74 Å². The van der Waals surface area contributed by atoms with Gasteiger partial charge in [0.2, 0.25) is 5.91 Å². The minimum absolute atomic E-state index is 0.0650. The van der Waals surface area contributed by atoms with Crippen molar-refractivity contribution in [2.24, 2.45) is 0 Å². The van der Waals surface area contributed by atoms with Crippen LogP contribution in [0.15, 0.2) is 52.8 Å². The summed E-state index contributed by atoms with van der Waals surface area (Å²) in [7, 11) is 0. The molecule has 1 saturated heterocycles. The van der Waals surface area contributed by atoms with E-state index < -0.39 is 0 Å². The highest BCUT2D eigenvalue weighted by Crippen LogP contribution is 2.17. The molecule has 1 aromatic carbocycles. The zero-order valence-corrected chi connectivity index (χ0v) is 15.7. The SMILES string of the molecule is O=C(Cn1ncc2ccccc2c1=O)N(Cc1cccs1)CC1CCCO1. The van der Waals surface area contributed by atoms with Gasteiger partial charge in [-0.25, -0.2) is 4.68 Å². The highest BCUT2D eigenvalue weighted by Gasteiger charge is 2.23. The van der Waals surface area contributed by atoms with E-state index >= 15 is 0 Å². The molecule has 4 rings (SSSR count). The van der Waals surface area contributed by atoms with Gasteiger partial charge in [0.1, 0.15) is 6.54 Å². The number of benzene rings is 1. The summed E-state index contributed by atoms with van der Waals surface area (Å²) in [5.41, 5.74) is -0.241. The number of amides is 1. The molecule has 1 aliphatic rings. The third kappa shape index (κ3) is 4.09. The second-order valence-electron chi connectivity index (χ2n) is 6.68. The number of hydrogen-bond donors (Lipinski definition) is 0. The van der Waals surface area contributed by atoms with Crippen LogP contribution in [0.5, 0.6) is 0 Å². The van der Waals surface area contributed by atoms with Gasteiger partial charge in [0.25, 0.3) is 5.56 Å². The topological polar surface area (TPSA) is 64.4 Å². The highest BCUT2D eigenvalue weighted by atomic mass is 32.1. The van der Waals surface area contributed by atoms with Gasteiger partial charge in [-0.2, -0.15) is 5.10 Å². The van der Waals surface area contributed by atoms with Crippen LogP contribution in [0.4, 0.5) is 0 Å². The first kappa shape index (κ1) is 17.9. The Labute approximate surface area is 161 Å². The van der Waals surface area contributed by atoms with Crippen LogP contribution < -0.4 is 5.56 Å². The lowest BCUT2D eigenvalue weighted by Crippen LogP contribution is -2.40. The molecule has 3 aromatic rings. The second kappa shape index (κ2) is 8.02. The first-order chi connectivity index (χ1) is 13.2. The minimum atomic E-state index is -0.241. The molecule has 0 bridgehead atoms. The molecule has 3 heterocycles. The standard InChI is InChI=1S/C20H21N3O3S/c24-19(14-23-20(25)18-8-2-1-5-15(18)11-21-23)22(12-16-6-3-9-26-16)13-17-7-4-10-27-17/h1-2,4-5,7-8,10-11,16H,3,6,9,12-14H2. The minimum Gasteiger partial charge on any atom is -0.376 e. The van der Waals surface area contributed by atoms with Crippen molar-refractivity contribution < 1.29 is 9.53 Å². The Morgan fingerprint density at radius 3 is 2.96 bits per heavy atom. The molecule has 1 aliphatic heterocycles. The molecule has 0 spiro atoms. The predicted octanol–water partition coefficient (Wildman–Crippen LogP) is 2.67. The van der Waals surface area contributed by atoms with Crippen molar-refractivity contribution in [2.45, 2.75) is 32.0 Å². The van der Waals surface area contributed by atoms with Gasteiger partial charge in [0, 0.05) is 23.4 Å². The normalized spacial score (nSPS) is 16.7. The molecule has 2 aromatic heterocycles. The fourth-order valence-corrected chi connectivity index (χ4v) is 4.07. The van der Waals surface area contributed by atoms with Gasteiger partial charge >= 0.3 is 0 Å². The Bertz CT molecular complexity index is 978. The average Bonchev–Trinajstić information content (AvgIpc) is 3.38. The van der Waals surface area contributed by atoms with E-state index in [1.165, 1.54) is 4.68 Å². The lowest BCUT2D eigenvalue weighted by molar-refractivity contribution is -0.134. The molecule has 1 amide bonds. The Kier molecular flexibility index (Phi) is 5.31. The molecule has 1 unspecified atom stereocenters. The number of thiophene rings is 1. The number of ether oxygens (including phenoxy) is 1. The number of rotatable bonds is 6. The predicted molar refractivity (Wildman–Crippen MR) is 105 cm³/mol. The molecule has 27 heavy (non-hydrogen) atoms. The number of carbonyl (C=O) groups excluding carboxylic acids is 1. The molecule has 140 valence electrons. The van der Waals surface area contributed by atoms with Crippen LogP contribution in [0.1, 0.15) is 17.7 Å². The maximum absolute atomic E-state index is 13.0. The van der Waals surface area contributed by atoms with E-state index in [1.807, 2.05) is 35.7 Å². The lowest BCUT2D eigenvalue weighted by Gasteiger charge is -2.25. The molecule has 1 atom stereocenters. The van der Waals surface area contributed by atoms with E-state index in [0.29, 0.717) is 18.5 Å². The monoisotopic (exact) mass is 383 g/mol. The van der Waals surface area contributed by atoms with Crippen molar-refractivity contribution in [1.82, 2.24) is 14.7 Å². The van der Waals surface area contributed by atoms with Crippen molar-refractivity contribution in [1.29, 1.82) is 0 Å². The summed E-state index contributed by atoms with van der Waals surface area (Å²) in [6.07, 6.45) is 3.68. The van der Waals surface area contributed by atoms with Crippen molar-refractivity contribution in [3.05, 3.63) is 63.2 Å². The molecule has 7 heteroatoms. The van der Waals surface area contributed by atoms with E-state index in [-0.39, 0.29) is 24.1 Å². The van der Waals surface area contributed by atoms with Crippen LogP contribution in [0.2, 0.25) is 0 Å². The summed E-state index contributed by atoms with van der Waals surface area (Å²) in [5.74, 6) is -0.121. The van der Waals surface area contributed by atoms with Gasteiger partial charge in [0.15, 0.2) is 0 Å². The molecular weight excluding hydrogens is 362 g/mol. The molecule has 0 radical (unpaired) electrons. The maximum Gasteiger partial charge on any atom is 0.275 e.